The molecule has 38 heavy (non-hydrogen) atoms. The van der Waals surface area contributed by atoms with E-state index in [0.29, 0.717) is 30.7 Å². The Kier molecular flexibility index (Phi) is 4.92. The molecule has 4 aromatic rings. The lowest BCUT2D eigenvalue weighted by Gasteiger charge is -2.31. The molecule has 4 aromatic carbocycles. The van der Waals surface area contributed by atoms with Gasteiger partial charge in [-0.1, -0.05) is 54.6 Å². The summed E-state index contributed by atoms with van der Waals surface area (Å²) in [6.07, 6.45) is 1.97. The molecule has 0 aromatic heterocycles. The smallest absolute Gasteiger partial charge is 0.240 e. The molecule has 2 bridgehead atoms. The van der Waals surface area contributed by atoms with E-state index in [2.05, 4.69) is 18.2 Å². The summed E-state index contributed by atoms with van der Waals surface area (Å²) in [7, 11) is 0. The number of hydrogen-bond acceptors (Lipinski definition) is 5. The number of fused-ring (bicyclic) bond motifs is 7. The van der Waals surface area contributed by atoms with E-state index in [1.807, 2.05) is 61.5 Å². The van der Waals surface area contributed by atoms with E-state index >= 15 is 0 Å². The summed E-state index contributed by atoms with van der Waals surface area (Å²) in [5, 5.41) is 13.3. The molecule has 2 amide bonds. The highest BCUT2D eigenvalue weighted by Crippen LogP contribution is 2.62. The minimum Gasteiger partial charge on any atom is -0.493 e. The Morgan fingerprint density at radius 2 is 1.66 bits per heavy atom. The molecule has 6 nitrogen and oxygen atoms in total. The molecule has 0 saturated carbocycles. The van der Waals surface area contributed by atoms with E-state index in [9.17, 15) is 14.9 Å². The summed E-state index contributed by atoms with van der Waals surface area (Å²) in [5.41, 5.74) is -0.367. The Morgan fingerprint density at radius 3 is 2.47 bits per heavy atom. The Hall–Kier alpha value is -4.21. The fourth-order valence-corrected chi connectivity index (χ4v) is 7.02. The molecule has 3 heterocycles. The van der Waals surface area contributed by atoms with Crippen LogP contribution in [0.15, 0.2) is 78.9 Å². The van der Waals surface area contributed by atoms with Crippen LogP contribution in [0.4, 0.5) is 5.69 Å². The van der Waals surface area contributed by atoms with Gasteiger partial charge in [0.15, 0.2) is 0 Å². The topological polar surface area (TPSA) is 79.6 Å². The molecule has 3 saturated heterocycles. The van der Waals surface area contributed by atoms with Crippen molar-refractivity contribution in [1.82, 2.24) is 0 Å². The predicted molar refractivity (Wildman–Crippen MR) is 144 cm³/mol. The van der Waals surface area contributed by atoms with Gasteiger partial charge in [0.1, 0.15) is 5.75 Å². The summed E-state index contributed by atoms with van der Waals surface area (Å²) in [4.78, 5) is 29.3. The summed E-state index contributed by atoms with van der Waals surface area (Å²) in [5.74, 6) is -0.740. The van der Waals surface area contributed by atoms with E-state index in [1.165, 1.54) is 4.90 Å². The first-order valence-corrected chi connectivity index (χ1v) is 13.1. The number of imide groups is 1. The third-order valence-electron chi connectivity index (χ3n) is 8.79. The number of amides is 2. The lowest BCUT2D eigenvalue weighted by Crippen LogP contribution is -2.43. The number of hydrogen-bond donors (Lipinski definition) is 0. The molecule has 3 aliphatic heterocycles. The van der Waals surface area contributed by atoms with Crippen LogP contribution < -0.4 is 9.64 Å². The Morgan fingerprint density at radius 1 is 0.921 bits per heavy atom. The van der Waals surface area contributed by atoms with Crippen molar-refractivity contribution in [2.45, 2.75) is 37.4 Å². The van der Waals surface area contributed by atoms with Gasteiger partial charge in [-0.3, -0.25) is 9.59 Å². The maximum atomic E-state index is 14.0. The van der Waals surface area contributed by atoms with Crippen LogP contribution in [0.2, 0.25) is 0 Å². The van der Waals surface area contributed by atoms with Gasteiger partial charge in [-0.2, -0.15) is 5.26 Å². The minimum atomic E-state index is -0.736. The molecule has 3 aliphatic rings. The van der Waals surface area contributed by atoms with Crippen LogP contribution in [0.25, 0.3) is 21.5 Å². The molecular formula is C32H26N2O4. The third-order valence-corrected chi connectivity index (χ3v) is 8.79. The molecule has 188 valence electrons. The largest absolute Gasteiger partial charge is 0.493 e. The minimum absolute atomic E-state index is 0.214. The van der Waals surface area contributed by atoms with Crippen LogP contribution in [-0.2, 0) is 14.3 Å². The van der Waals surface area contributed by atoms with Gasteiger partial charge in [-0.25, -0.2) is 4.90 Å². The van der Waals surface area contributed by atoms with Crippen molar-refractivity contribution in [3.05, 3.63) is 84.4 Å². The number of rotatable bonds is 5. The van der Waals surface area contributed by atoms with E-state index in [-0.39, 0.29) is 11.8 Å². The molecule has 4 unspecified atom stereocenters. The fraction of sp³-hybridized carbons (Fsp3) is 0.281. The zero-order chi connectivity index (χ0) is 26.1. The lowest BCUT2D eigenvalue weighted by atomic mass is 9.67. The van der Waals surface area contributed by atoms with Crippen molar-refractivity contribution in [3.8, 4) is 11.8 Å². The summed E-state index contributed by atoms with van der Waals surface area (Å²) < 4.78 is 12.7. The quantitative estimate of drug-likeness (QED) is 0.324. The summed E-state index contributed by atoms with van der Waals surface area (Å²) in [6.45, 7) is 2.36. The number of carbonyl (C=O) groups excluding carboxylic acids is 2. The summed E-state index contributed by atoms with van der Waals surface area (Å²) >= 11 is 0. The lowest BCUT2D eigenvalue weighted by molar-refractivity contribution is -0.131. The SMILES string of the molecule is CC12CCC(CCOc3ccc4ccccc4c3)(O1)C1C(=O)N(c3ccc(C#N)c4ccccc34)C(=O)C12. The Balaban J connectivity index is 1.19. The van der Waals surface area contributed by atoms with Crippen LogP contribution in [0.1, 0.15) is 31.7 Å². The molecule has 4 atom stereocenters. The highest BCUT2D eigenvalue weighted by molar-refractivity contribution is 6.26. The van der Waals surface area contributed by atoms with Crippen molar-refractivity contribution < 1.29 is 19.1 Å². The third kappa shape index (κ3) is 3.15. The highest BCUT2D eigenvalue weighted by Gasteiger charge is 2.73. The van der Waals surface area contributed by atoms with Crippen molar-refractivity contribution >= 4 is 39.0 Å². The Labute approximate surface area is 220 Å². The zero-order valence-corrected chi connectivity index (χ0v) is 21.0. The second kappa shape index (κ2) is 8.14. The van der Waals surface area contributed by atoms with Gasteiger partial charge in [0, 0.05) is 17.2 Å². The number of anilines is 1. The zero-order valence-electron chi connectivity index (χ0n) is 21.0. The summed E-state index contributed by atoms with van der Waals surface area (Å²) in [6, 6.07) is 27.2. The first kappa shape index (κ1) is 22.9. The predicted octanol–water partition coefficient (Wildman–Crippen LogP) is 5.76. The van der Waals surface area contributed by atoms with Crippen molar-refractivity contribution in [1.29, 1.82) is 5.26 Å². The van der Waals surface area contributed by atoms with Crippen LogP contribution in [0.5, 0.6) is 5.75 Å². The maximum absolute atomic E-state index is 14.0. The molecule has 0 aliphatic carbocycles. The monoisotopic (exact) mass is 502 g/mol. The number of ether oxygens (including phenoxy) is 2. The van der Waals surface area contributed by atoms with Gasteiger partial charge < -0.3 is 9.47 Å². The average Bonchev–Trinajstić information content (AvgIpc) is 3.52. The van der Waals surface area contributed by atoms with Crippen LogP contribution in [0.3, 0.4) is 0 Å². The number of nitriles is 1. The molecule has 0 spiro atoms. The maximum Gasteiger partial charge on any atom is 0.240 e. The fourth-order valence-electron chi connectivity index (χ4n) is 7.02. The van der Waals surface area contributed by atoms with Crippen LogP contribution in [0, 0.1) is 23.2 Å². The molecular weight excluding hydrogens is 476 g/mol. The van der Waals surface area contributed by atoms with Gasteiger partial charge in [-0.05, 0) is 54.8 Å². The number of nitrogens with zero attached hydrogens (tertiary/aromatic N) is 2. The number of benzene rings is 4. The van der Waals surface area contributed by atoms with E-state index in [0.717, 1.165) is 33.7 Å². The van der Waals surface area contributed by atoms with Gasteiger partial charge in [0.05, 0.1) is 47.0 Å². The molecule has 6 heteroatoms. The van der Waals surface area contributed by atoms with E-state index < -0.39 is 23.0 Å². The second-order valence-electron chi connectivity index (χ2n) is 10.8. The Bertz CT molecular complexity index is 1690. The van der Waals surface area contributed by atoms with Gasteiger partial charge in [0.2, 0.25) is 11.8 Å². The van der Waals surface area contributed by atoms with E-state index in [1.54, 1.807) is 12.1 Å². The normalized spacial score (nSPS) is 27.7. The molecule has 7 rings (SSSR count). The highest BCUT2D eigenvalue weighted by atomic mass is 16.5. The first-order chi connectivity index (χ1) is 18.4. The van der Waals surface area contributed by atoms with E-state index in [4.69, 9.17) is 9.47 Å². The van der Waals surface area contributed by atoms with Gasteiger partial charge in [0.25, 0.3) is 0 Å². The van der Waals surface area contributed by atoms with Crippen LogP contribution >= 0.6 is 0 Å². The standard InChI is InChI=1S/C32H26N2O4/c1-31-14-15-32(38-31,16-17-37-23-12-10-20-6-2-3-7-21(20)18-23)28-27(31)29(35)34(30(28)36)26-13-11-22(19-33)24-8-4-5-9-25(24)26/h2-13,18,27-28H,14-17H2,1H3. The van der Waals surface area contributed by atoms with Gasteiger partial charge >= 0.3 is 0 Å². The molecule has 0 N–H and O–H groups in total. The van der Waals surface area contributed by atoms with Crippen molar-refractivity contribution in [2.24, 2.45) is 11.8 Å². The first-order valence-electron chi connectivity index (χ1n) is 13.1. The van der Waals surface area contributed by atoms with Crippen molar-refractivity contribution in [3.63, 3.8) is 0 Å². The molecule has 0 radical (unpaired) electrons. The van der Waals surface area contributed by atoms with Gasteiger partial charge in [-0.15, -0.1) is 0 Å². The molecule has 3 fully saturated rings. The number of carbonyl (C=O) groups is 2. The second-order valence-corrected chi connectivity index (χ2v) is 10.8. The average molecular weight is 503 g/mol. The van der Waals surface area contributed by atoms with Crippen LogP contribution in [-0.4, -0.2) is 29.6 Å². The van der Waals surface area contributed by atoms with Crippen molar-refractivity contribution in [2.75, 3.05) is 11.5 Å².